The average Bonchev–Trinajstić information content (AvgIpc) is 2.00. The van der Waals surface area contributed by atoms with Crippen LogP contribution >= 0.6 is 15.9 Å². The fourth-order valence-corrected chi connectivity index (χ4v) is 1.42. The standard InChI is InChI=1S/C10H16BrN2/c1-13(2,3)8-7-9-5-4-6-10(11)12-9/h4-6H,7-8H2,1-3H3/q+1. The fraction of sp³-hybridized carbons (Fsp3) is 0.500. The second kappa shape index (κ2) is 4.20. The highest BCUT2D eigenvalue weighted by Crippen LogP contribution is 2.07. The van der Waals surface area contributed by atoms with E-state index in [2.05, 4.69) is 48.1 Å². The van der Waals surface area contributed by atoms with Crippen LogP contribution in [-0.2, 0) is 6.42 Å². The molecule has 0 atom stereocenters. The number of quaternary nitrogens is 1. The molecular weight excluding hydrogens is 228 g/mol. The molecule has 0 saturated carbocycles. The third kappa shape index (κ3) is 4.39. The lowest BCUT2D eigenvalue weighted by atomic mass is 10.2. The highest BCUT2D eigenvalue weighted by Gasteiger charge is 2.07. The number of halogens is 1. The van der Waals surface area contributed by atoms with E-state index in [1.165, 1.54) is 0 Å². The van der Waals surface area contributed by atoms with Gasteiger partial charge in [-0.15, -0.1) is 0 Å². The zero-order valence-corrected chi connectivity index (χ0v) is 10.0. The largest absolute Gasteiger partial charge is 0.331 e. The van der Waals surface area contributed by atoms with Gasteiger partial charge in [-0.05, 0) is 28.1 Å². The Bertz CT molecular complexity index is 278. The van der Waals surface area contributed by atoms with Crippen LogP contribution in [0.5, 0.6) is 0 Å². The van der Waals surface area contributed by atoms with E-state index in [1.54, 1.807) is 0 Å². The van der Waals surface area contributed by atoms with Crippen LogP contribution in [0.1, 0.15) is 5.69 Å². The van der Waals surface area contributed by atoms with E-state index in [-0.39, 0.29) is 0 Å². The molecule has 2 nitrogen and oxygen atoms in total. The van der Waals surface area contributed by atoms with Gasteiger partial charge >= 0.3 is 0 Å². The smallest absolute Gasteiger partial charge is 0.106 e. The number of aromatic nitrogens is 1. The lowest BCUT2D eigenvalue weighted by Crippen LogP contribution is -2.36. The monoisotopic (exact) mass is 243 g/mol. The van der Waals surface area contributed by atoms with Gasteiger partial charge in [0.1, 0.15) is 4.60 Å². The van der Waals surface area contributed by atoms with Gasteiger partial charge in [0.25, 0.3) is 0 Å². The molecule has 1 aromatic rings. The molecule has 72 valence electrons. The molecule has 0 aliphatic carbocycles. The molecule has 1 heterocycles. The van der Waals surface area contributed by atoms with E-state index >= 15 is 0 Å². The summed E-state index contributed by atoms with van der Waals surface area (Å²) in [6.45, 7) is 1.11. The highest BCUT2D eigenvalue weighted by atomic mass is 79.9. The molecule has 0 aliphatic heterocycles. The molecule has 0 fully saturated rings. The summed E-state index contributed by atoms with van der Waals surface area (Å²) in [6.07, 6.45) is 1.03. The molecule has 3 heteroatoms. The van der Waals surface area contributed by atoms with Crippen molar-refractivity contribution in [2.24, 2.45) is 0 Å². The predicted octanol–water partition coefficient (Wildman–Crippen LogP) is 2.09. The van der Waals surface area contributed by atoms with Crippen molar-refractivity contribution in [3.8, 4) is 0 Å². The summed E-state index contributed by atoms with van der Waals surface area (Å²) in [7, 11) is 6.58. The van der Waals surface area contributed by atoms with Gasteiger partial charge in [0.15, 0.2) is 0 Å². The van der Waals surface area contributed by atoms with Gasteiger partial charge in [0, 0.05) is 12.1 Å². The minimum absolute atomic E-state index is 0.923. The van der Waals surface area contributed by atoms with Crippen LogP contribution in [0.15, 0.2) is 22.8 Å². The van der Waals surface area contributed by atoms with Crippen molar-refractivity contribution < 1.29 is 4.48 Å². The van der Waals surface area contributed by atoms with Crippen LogP contribution in [0.3, 0.4) is 0 Å². The van der Waals surface area contributed by atoms with Crippen molar-refractivity contribution in [2.45, 2.75) is 6.42 Å². The summed E-state index contributed by atoms with van der Waals surface area (Å²) in [5.74, 6) is 0. The molecule has 1 rings (SSSR count). The summed E-state index contributed by atoms with van der Waals surface area (Å²) in [4.78, 5) is 4.38. The molecule has 0 amide bonds. The molecule has 0 spiro atoms. The summed E-state index contributed by atoms with van der Waals surface area (Å²) < 4.78 is 1.90. The van der Waals surface area contributed by atoms with E-state index in [9.17, 15) is 0 Å². The van der Waals surface area contributed by atoms with Gasteiger partial charge in [0.05, 0.1) is 27.7 Å². The fourth-order valence-electron chi connectivity index (χ4n) is 1.04. The van der Waals surface area contributed by atoms with Crippen LogP contribution in [0, 0.1) is 0 Å². The Labute approximate surface area is 88.3 Å². The number of rotatable bonds is 3. The van der Waals surface area contributed by atoms with Gasteiger partial charge in [-0.1, -0.05) is 6.07 Å². The lowest BCUT2D eigenvalue weighted by molar-refractivity contribution is -0.870. The van der Waals surface area contributed by atoms with E-state index in [0.29, 0.717) is 0 Å². The van der Waals surface area contributed by atoms with Crippen LogP contribution in [0.4, 0.5) is 0 Å². The maximum atomic E-state index is 4.38. The first-order valence-corrected chi connectivity index (χ1v) is 5.18. The predicted molar refractivity (Wildman–Crippen MR) is 58.5 cm³/mol. The molecule has 0 N–H and O–H groups in total. The topological polar surface area (TPSA) is 12.9 Å². The second-order valence-electron chi connectivity index (χ2n) is 4.22. The van der Waals surface area contributed by atoms with Crippen molar-refractivity contribution in [3.63, 3.8) is 0 Å². The third-order valence-corrected chi connectivity index (χ3v) is 2.25. The van der Waals surface area contributed by atoms with Crippen molar-refractivity contribution in [1.82, 2.24) is 4.98 Å². The van der Waals surface area contributed by atoms with E-state index < -0.39 is 0 Å². The average molecular weight is 244 g/mol. The molecular formula is C10H16BrN2+. The maximum absolute atomic E-state index is 4.38. The van der Waals surface area contributed by atoms with Crippen LogP contribution < -0.4 is 0 Å². The quantitative estimate of drug-likeness (QED) is 0.586. The molecule has 0 aliphatic rings. The van der Waals surface area contributed by atoms with Gasteiger partial charge in [-0.3, -0.25) is 0 Å². The van der Waals surface area contributed by atoms with Gasteiger partial charge < -0.3 is 4.48 Å². The number of likely N-dealkylation sites (N-methyl/N-ethyl adjacent to an activating group) is 1. The van der Waals surface area contributed by atoms with Crippen LogP contribution in [-0.4, -0.2) is 37.2 Å². The Balaban J connectivity index is 2.55. The summed E-state index contributed by atoms with van der Waals surface area (Å²) in [6, 6.07) is 6.05. The Kier molecular flexibility index (Phi) is 3.45. The second-order valence-corrected chi connectivity index (χ2v) is 5.03. The van der Waals surface area contributed by atoms with E-state index in [1.807, 2.05) is 12.1 Å². The molecule has 0 bridgehead atoms. The number of pyridine rings is 1. The Hall–Kier alpha value is -0.410. The summed E-state index contributed by atoms with van der Waals surface area (Å²) in [5, 5.41) is 0. The molecule has 0 radical (unpaired) electrons. The number of nitrogens with zero attached hydrogens (tertiary/aromatic N) is 2. The van der Waals surface area contributed by atoms with Gasteiger partial charge in [0.2, 0.25) is 0 Å². The first-order chi connectivity index (χ1) is 5.97. The third-order valence-electron chi connectivity index (χ3n) is 1.81. The summed E-state index contributed by atoms with van der Waals surface area (Å²) in [5.41, 5.74) is 1.16. The Morgan fingerprint density at radius 1 is 1.31 bits per heavy atom. The minimum Gasteiger partial charge on any atom is -0.331 e. The van der Waals surface area contributed by atoms with Gasteiger partial charge in [-0.25, -0.2) is 4.98 Å². The van der Waals surface area contributed by atoms with Crippen molar-refractivity contribution in [1.29, 1.82) is 0 Å². The zero-order chi connectivity index (χ0) is 9.90. The first kappa shape index (κ1) is 10.7. The normalized spacial score (nSPS) is 11.7. The molecule has 1 aromatic heterocycles. The minimum atomic E-state index is 0.923. The highest BCUT2D eigenvalue weighted by molar-refractivity contribution is 9.10. The van der Waals surface area contributed by atoms with Crippen molar-refractivity contribution in [2.75, 3.05) is 27.7 Å². The van der Waals surface area contributed by atoms with Crippen LogP contribution in [0.2, 0.25) is 0 Å². The number of hydrogen-bond acceptors (Lipinski definition) is 1. The van der Waals surface area contributed by atoms with E-state index in [0.717, 1.165) is 27.7 Å². The summed E-state index contributed by atoms with van der Waals surface area (Å²) >= 11 is 3.37. The van der Waals surface area contributed by atoms with E-state index in [4.69, 9.17) is 0 Å². The molecule has 0 aromatic carbocycles. The molecule has 0 unspecified atom stereocenters. The van der Waals surface area contributed by atoms with Crippen molar-refractivity contribution in [3.05, 3.63) is 28.5 Å². The lowest BCUT2D eigenvalue weighted by Gasteiger charge is -2.23. The first-order valence-electron chi connectivity index (χ1n) is 4.39. The Morgan fingerprint density at radius 2 is 2.00 bits per heavy atom. The number of hydrogen-bond donors (Lipinski definition) is 0. The van der Waals surface area contributed by atoms with Crippen molar-refractivity contribution >= 4 is 15.9 Å². The molecule has 0 saturated heterocycles. The SMILES string of the molecule is C[N+](C)(C)CCc1cccc(Br)n1. The van der Waals surface area contributed by atoms with Crippen LogP contribution in [0.25, 0.3) is 0 Å². The molecule has 13 heavy (non-hydrogen) atoms. The Morgan fingerprint density at radius 3 is 2.54 bits per heavy atom. The zero-order valence-electron chi connectivity index (χ0n) is 8.42. The van der Waals surface area contributed by atoms with Gasteiger partial charge in [-0.2, -0.15) is 0 Å². The maximum Gasteiger partial charge on any atom is 0.106 e.